The van der Waals surface area contributed by atoms with E-state index in [0.29, 0.717) is 0 Å². The van der Waals surface area contributed by atoms with E-state index in [1.807, 2.05) is 39.6 Å². The molecule has 0 rings (SSSR count). The number of carbonyl (C=O) groups excluding carboxylic acids is 1. The second kappa shape index (κ2) is 6.80. The third kappa shape index (κ3) is 4.62. The summed E-state index contributed by atoms with van der Waals surface area (Å²) in [4.78, 5) is 13.6. The topological polar surface area (TPSA) is 52.6 Å². The van der Waals surface area contributed by atoms with Gasteiger partial charge in [-0.15, -0.1) is 0 Å². The average Bonchev–Trinajstić information content (AvgIpc) is 2.25. The third-order valence-electron chi connectivity index (χ3n) is 2.95. The molecule has 2 N–H and O–H groups in total. The SMILES string of the molecule is CCC(C)NC(=O)C(C)N(C)C(C)CO. The first-order valence-electron chi connectivity index (χ1n) is 5.57. The highest BCUT2D eigenvalue weighted by atomic mass is 16.3. The molecule has 0 radical (unpaired) electrons. The average molecular weight is 216 g/mol. The Hall–Kier alpha value is -0.610. The number of amides is 1. The lowest BCUT2D eigenvalue weighted by atomic mass is 10.2. The summed E-state index contributed by atoms with van der Waals surface area (Å²) >= 11 is 0. The first-order chi connectivity index (χ1) is 6.93. The van der Waals surface area contributed by atoms with Crippen molar-refractivity contribution in [3.63, 3.8) is 0 Å². The van der Waals surface area contributed by atoms with Crippen molar-refractivity contribution in [2.75, 3.05) is 13.7 Å². The second-order valence-electron chi connectivity index (χ2n) is 4.19. The maximum absolute atomic E-state index is 11.7. The minimum absolute atomic E-state index is 0.00248. The van der Waals surface area contributed by atoms with Gasteiger partial charge in [-0.1, -0.05) is 6.92 Å². The number of likely N-dealkylation sites (N-methyl/N-ethyl adjacent to an activating group) is 1. The molecule has 3 unspecified atom stereocenters. The number of aliphatic hydroxyl groups is 1. The van der Waals surface area contributed by atoms with Gasteiger partial charge in [0.05, 0.1) is 12.6 Å². The molecule has 0 aromatic carbocycles. The quantitative estimate of drug-likeness (QED) is 0.683. The lowest BCUT2D eigenvalue weighted by Crippen LogP contribution is -2.49. The fourth-order valence-electron chi connectivity index (χ4n) is 1.16. The molecule has 0 saturated heterocycles. The fourth-order valence-corrected chi connectivity index (χ4v) is 1.16. The van der Waals surface area contributed by atoms with E-state index in [1.165, 1.54) is 0 Å². The summed E-state index contributed by atoms with van der Waals surface area (Å²) in [6.07, 6.45) is 0.928. The lowest BCUT2D eigenvalue weighted by Gasteiger charge is -2.29. The van der Waals surface area contributed by atoms with Gasteiger partial charge in [-0.05, 0) is 34.2 Å². The zero-order valence-electron chi connectivity index (χ0n) is 10.4. The molecule has 0 aliphatic rings. The monoisotopic (exact) mass is 216 g/mol. The zero-order chi connectivity index (χ0) is 12.0. The summed E-state index contributed by atoms with van der Waals surface area (Å²) in [5, 5.41) is 11.9. The highest BCUT2D eigenvalue weighted by molar-refractivity contribution is 5.81. The molecule has 0 aliphatic heterocycles. The van der Waals surface area contributed by atoms with Crippen LogP contribution >= 0.6 is 0 Å². The van der Waals surface area contributed by atoms with Crippen molar-refractivity contribution in [3.8, 4) is 0 Å². The summed E-state index contributed by atoms with van der Waals surface area (Å²) in [5.41, 5.74) is 0. The number of aliphatic hydroxyl groups excluding tert-OH is 1. The Bertz CT molecular complexity index is 197. The molecule has 3 atom stereocenters. The van der Waals surface area contributed by atoms with Gasteiger partial charge in [0, 0.05) is 12.1 Å². The summed E-state index contributed by atoms with van der Waals surface area (Å²) in [6, 6.07) is 0.00150. The smallest absolute Gasteiger partial charge is 0.237 e. The molecule has 0 aromatic heterocycles. The highest BCUT2D eigenvalue weighted by Crippen LogP contribution is 2.02. The van der Waals surface area contributed by atoms with E-state index >= 15 is 0 Å². The van der Waals surface area contributed by atoms with Gasteiger partial charge in [0.1, 0.15) is 0 Å². The normalized spacial score (nSPS) is 17.3. The van der Waals surface area contributed by atoms with Crippen LogP contribution in [0.15, 0.2) is 0 Å². The van der Waals surface area contributed by atoms with E-state index in [4.69, 9.17) is 5.11 Å². The number of carbonyl (C=O) groups is 1. The Kier molecular flexibility index (Phi) is 6.52. The molecule has 0 saturated carbocycles. The van der Waals surface area contributed by atoms with Gasteiger partial charge in [0.15, 0.2) is 0 Å². The van der Waals surface area contributed by atoms with Crippen LogP contribution < -0.4 is 5.32 Å². The van der Waals surface area contributed by atoms with Crippen LogP contribution in [0.2, 0.25) is 0 Å². The standard InChI is InChI=1S/C11H24N2O2/c1-6-8(2)12-11(15)10(4)13(5)9(3)7-14/h8-10,14H,6-7H2,1-5H3,(H,12,15). The van der Waals surface area contributed by atoms with Crippen LogP contribution in [-0.4, -0.2) is 47.7 Å². The Morgan fingerprint density at radius 1 is 1.40 bits per heavy atom. The largest absolute Gasteiger partial charge is 0.395 e. The molecule has 0 fully saturated rings. The maximum Gasteiger partial charge on any atom is 0.237 e. The predicted octanol–water partition coefficient (Wildman–Crippen LogP) is 0.602. The molecule has 0 bridgehead atoms. The van der Waals surface area contributed by atoms with Gasteiger partial charge in [-0.2, -0.15) is 0 Å². The van der Waals surface area contributed by atoms with Gasteiger partial charge < -0.3 is 10.4 Å². The van der Waals surface area contributed by atoms with Gasteiger partial charge in [-0.3, -0.25) is 9.69 Å². The second-order valence-corrected chi connectivity index (χ2v) is 4.19. The van der Waals surface area contributed by atoms with Gasteiger partial charge >= 0.3 is 0 Å². The van der Waals surface area contributed by atoms with Crippen LogP contribution in [0.25, 0.3) is 0 Å². The van der Waals surface area contributed by atoms with Gasteiger partial charge in [-0.25, -0.2) is 0 Å². The number of nitrogens with zero attached hydrogens (tertiary/aromatic N) is 1. The third-order valence-corrected chi connectivity index (χ3v) is 2.95. The van der Waals surface area contributed by atoms with Crippen molar-refractivity contribution in [2.24, 2.45) is 0 Å². The van der Waals surface area contributed by atoms with Crippen molar-refractivity contribution in [3.05, 3.63) is 0 Å². The minimum Gasteiger partial charge on any atom is -0.395 e. The first kappa shape index (κ1) is 14.4. The Morgan fingerprint density at radius 3 is 2.33 bits per heavy atom. The number of rotatable bonds is 6. The fraction of sp³-hybridized carbons (Fsp3) is 0.909. The maximum atomic E-state index is 11.7. The van der Waals surface area contributed by atoms with E-state index in [2.05, 4.69) is 5.32 Å². The van der Waals surface area contributed by atoms with Gasteiger partial charge in [0.25, 0.3) is 0 Å². The number of nitrogens with one attached hydrogen (secondary N) is 1. The first-order valence-corrected chi connectivity index (χ1v) is 5.57. The molecule has 0 aromatic rings. The molecule has 1 amide bonds. The molecule has 15 heavy (non-hydrogen) atoms. The molecule has 4 nitrogen and oxygen atoms in total. The van der Waals surface area contributed by atoms with E-state index in [9.17, 15) is 4.79 Å². The summed E-state index contributed by atoms with van der Waals surface area (Å²) in [5.74, 6) is 0.0205. The Labute approximate surface area is 92.7 Å². The Morgan fingerprint density at radius 2 is 1.93 bits per heavy atom. The minimum atomic E-state index is -0.207. The van der Waals surface area contributed by atoms with Crippen LogP contribution in [0.1, 0.15) is 34.1 Å². The van der Waals surface area contributed by atoms with Crippen molar-refractivity contribution in [1.82, 2.24) is 10.2 Å². The van der Waals surface area contributed by atoms with E-state index in [1.54, 1.807) is 0 Å². The molecular formula is C11H24N2O2. The van der Waals surface area contributed by atoms with Gasteiger partial charge in [0.2, 0.25) is 5.91 Å². The number of hydrogen-bond acceptors (Lipinski definition) is 3. The molecule has 0 spiro atoms. The summed E-state index contributed by atoms with van der Waals surface area (Å²) < 4.78 is 0. The van der Waals surface area contributed by atoms with Crippen LogP contribution in [0.4, 0.5) is 0 Å². The van der Waals surface area contributed by atoms with E-state index in [0.717, 1.165) is 6.42 Å². The molecule has 4 heteroatoms. The van der Waals surface area contributed by atoms with E-state index < -0.39 is 0 Å². The predicted molar refractivity (Wildman–Crippen MR) is 61.7 cm³/mol. The van der Waals surface area contributed by atoms with E-state index in [-0.39, 0.29) is 30.6 Å². The zero-order valence-corrected chi connectivity index (χ0v) is 10.4. The van der Waals surface area contributed by atoms with Crippen LogP contribution in [0, 0.1) is 0 Å². The summed E-state index contributed by atoms with van der Waals surface area (Å²) in [6.45, 7) is 7.84. The molecule has 0 heterocycles. The molecule has 0 aliphatic carbocycles. The molecule has 90 valence electrons. The number of hydrogen-bond donors (Lipinski definition) is 2. The lowest BCUT2D eigenvalue weighted by molar-refractivity contribution is -0.127. The van der Waals surface area contributed by atoms with Crippen LogP contribution in [0.5, 0.6) is 0 Å². The van der Waals surface area contributed by atoms with Crippen LogP contribution in [0.3, 0.4) is 0 Å². The van der Waals surface area contributed by atoms with Crippen molar-refractivity contribution >= 4 is 5.91 Å². The van der Waals surface area contributed by atoms with Crippen molar-refractivity contribution in [1.29, 1.82) is 0 Å². The summed E-state index contributed by atoms with van der Waals surface area (Å²) in [7, 11) is 1.85. The van der Waals surface area contributed by atoms with Crippen molar-refractivity contribution in [2.45, 2.75) is 52.2 Å². The molecular weight excluding hydrogens is 192 g/mol. The van der Waals surface area contributed by atoms with Crippen molar-refractivity contribution < 1.29 is 9.90 Å². The van der Waals surface area contributed by atoms with Crippen LogP contribution in [-0.2, 0) is 4.79 Å². The highest BCUT2D eigenvalue weighted by Gasteiger charge is 2.22. The Balaban J connectivity index is 4.19.